The second kappa shape index (κ2) is 4.62. The largest absolute Gasteiger partial charge is 0.364 e. The van der Waals surface area contributed by atoms with Crippen LogP contribution in [0.25, 0.3) is 0 Å². The summed E-state index contributed by atoms with van der Waals surface area (Å²) in [5, 5.41) is 0. The SMILES string of the molecule is CC1CCCC(CN)N1c1ccncc1. The number of hydrogen-bond acceptors (Lipinski definition) is 3. The van der Waals surface area contributed by atoms with Crippen molar-refractivity contribution < 1.29 is 0 Å². The van der Waals surface area contributed by atoms with Crippen LogP contribution in [0.2, 0.25) is 0 Å². The van der Waals surface area contributed by atoms with Gasteiger partial charge in [-0.1, -0.05) is 0 Å². The Morgan fingerprint density at radius 1 is 1.40 bits per heavy atom. The van der Waals surface area contributed by atoms with Crippen LogP contribution in [0.5, 0.6) is 0 Å². The van der Waals surface area contributed by atoms with E-state index in [0.717, 1.165) is 6.54 Å². The molecule has 0 aromatic carbocycles. The summed E-state index contributed by atoms with van der Waals surface area (Å²) in [4.78, 5) is 6.51. The summed E-state index contributed by atoms with van der Waals surface area (Å²) in [6.45, 7) is 3.02. The zero-order valence-electron chi connectivity index (χ0n) is 9.26. The minimum Gasteiger partial charge on any atom is -0.364 e. The Kier molecular flexibility index (Phi) is 3.21. The van der Waals surface area contributed by atoms with Crippen molar-refractivity contribution in [1.29, 1.82) is 0 Å². The van der Waals surface area contributed by atoms with Crippen molar-refractivity contribution >= 4 is 5.69 Å². The van der Waals surface area contributed by atoms with Crippen molar-refractivity contribution in [2.45, 2.75) is 38.3 Å². The zero-order chi connectivity index (χ0) is 10.7. The molecule has 1 saturated heterocycles. The molecule has 1 aliphatic rings. The molecule has 1 aliphatic heterocycles. The van der Waals surface area contributed by atoms with Gasteiger partial charge in [0.1, 0.15) is 0 Å². The number of anilines is 1. The monoisotopic (exact) mass is 205 g/mol. The van der Waals surface area contributed by atoms with Gasteiger partial charge in [0, 0.05) is 36.7 Å². The normalized spacial score (nSPS) is 26.7. The van der Waals surface area contributed by atoms with Crippen molar-refractivity contribution in [2.75, 3.05) is 11.4 Å². The average Bonchev–Trinajstić information content (AvgIpc) is 2.29. The number of hydrogen-bond donors (Lipinski definition) is 1. The highest BCUT2D eigenvalue weighted by Crippen LogP contribution is 2.27. The van der Waals surface area contributed by atoms with Crippen LogP contribution in [-0.4, -0.2) is 23.6 Å². The third kappa shape index (κ3) is 2.12. The Morgan fingerprint density at radius 2 is 2.13 bits per heavy atom. The van der Waals surface area contributed by atoms with E-state index in [1.54, 1.807) is 0 Å². The van der Waals surface area contributed by atoms with Gasteiger partial charge in [-0.05, 0) is 38.3 Å². The summed E-state index contributed by atoms with van der Waals surface area (Å²) < 4.78 is 0. The fourth-order valence-electron chi connectivity index (χ4n) is 2.50. The van der Waals surface area contributed by atoms with Crippen molar-refractivity contribution in [3.05, 3.63) is 24.5 Å². The van der Waals surface area contributed by atoms with Gasteiger partial charge in [0.05, 0.1) is 0 Å². The van der Waals surface area contributed by atoms with Crippen LogP contribution < -0.4 is 10.6 Å². The summed E-state index contributed by atoms with van der Waals surface area (Å²) in [6, 6.07) is 5.24. The smallest absolute Gasteiger partial charge is 0.0415 e. The van der Waals surface area contributed by atoms with E-state index in [-0.39, 0.29) is 0 Å². The molecular weight excluding hydrogens is 186 g/mol. The fourth-order valence-corrected chi connectivity index (χ4v) is 2.50. The molecule has 2 N–H and O–H groups in total. The van der Waals surface area contributed by atoms with Crippen LogP contribution in [0.15, 0.2) is 24.5 Å². The lowest BCUT2D eigenvalue weighted by Crippen LogP contribution is -2.49. The molecule has 3 nitrogen and oxygen atoms in total. The Bertz CT molecular complexity index is 299. The first-order valence-corrected chi connectivity index (χ1v) is 5.71. The standard InChI is InChI=1S/C12H19N3/c1-10-3-2-4-12(9-13)15(10)11-5-7-14-8-6-11/h5-8,10,12H,2-4,9,13H2,1H3. The number of aromatic nitrogens is 1. The first-order chi connectivity index (χ1) is 7.33. The van der Waals surface area contributed by atoms with Gasteiger partial charge in [-0.2, -0.15) is 0 Å². The maximum atomic E-state index is 5.84. The highest BCUT2D eigenvalue weighted by Gasteiger charge is 2.26. The predicted molar refractivity (Wildman–Crippen MR) is 62.9 cm³/mol. The Labute approximate surface area is 91.3 Å². The molecule has 3 heteroatoms. The van der Waals surface area contributed by atoms with Crippen LogP contribution in [-0.2, 0) is 0 Å². The molecule has 1 aromatic rings. The first kappa shape index (κ1) is 10.4. The molecule has 2 rings (SSSR count). The lowest BCUT2D eigenvalue weighted by molar-refractivity contribution is 0.401. The summed E-state index contributed by atoms with van der Waals surface area (Å²) in [6.07, 6.45) is 7.47. The summed E-state index contributed by atoms with van der Waals surface area (Å²) in [5.41, 5.74) is 7.09. The molecule has 82 valence electrons. The molecule has 0 saturated carbocycles. The van der Waals surface area contributed by atoms with E-state index >= 15 is 0 Å². The minimum absolute atomic E-state index is 0.496. The molecule has 0 spiro atoms. The van der Waals surface area contributed by atoms with Gasteiger partial charge in [-0.15, -0.1) is 0 Å². The van der Waals surface area contributed by atoms with Crippen LogP contribution in [0.4, 0.5) is 5.69 Å². The second-order valence-corrected chi connectivity index (χ2v) is 4.28. The Morgan fingerprint density at radius 3 is 2.80 bits per heavy atom. The topological polar surface area (TPSA) is 42.1 Å². The molecular formula is C12H19N3. The first-order valence-electron chi connectivity index (χ1n) is 5.71. The maximum absolute atomic E-state index is 5.84. The number of nitrogens with zero attached hydrogens (tertiary/aromatic N) is 2. The second-order valence-electron chi connectivity index (χ2n) is 4.28. The molecule has 2 unspecified atom stereocenters. The van der Waals surface area contributed by atoms with Crippen molar-refractivity contribution in [1.82, 2.24) is 4.98 Å². The van der Waals surface area contributed by atoms with Crippen LogP contribution in [0.1, 0.15) is 26.2 Å². The average molecular weight is 205 g/mol. The minimum atomic E-state index is 0.496. The van der Waals surface area contributed by atoms with Crippen molar-refractivity contribution in [2.24, 2.45) is 5.73 Å². The fraction of sp³-hybridized carbons (Fsp3) is 0.583. The molecule has 2 atom stereocenters. The van der Waals surface area contributed by atoms with Gasteiger partial charge < -0.3 is 10.6 Å². The number of nitrogens with two attached hydrogens (primary N) is 1. The molecule has 0 radical (unpaired) electrons. The summed E-state index contributed by atoms with van der Waals surface area (Å²) in [7, 11) is 0. The van der Waals surface area contributed by atoms with Gasteiger partial charge in [0.15, 0.2) is 0 Å². The van der Waals surface area contributed by atoms with Crippen LogP contribution in [0.3, 0.4) is 0 Å². The van der Waals surface area contributed by atoms with E-state index in [4.69, 9.17) is 5.73 Å². The predicted octanol–water partition coefficient (Wildman–Crippen LogP) is 1.79. The number of pyridine rings is 1. The van der Waals surface area contributed by atoms with Gasteiger partial charge in [-0.25, -0.2) is 0 Å². The molecule has 0 bridgehead atoms. The van der Waals surface area contributed by atoms with E-state index in [1.165, 1.54) is 24.9 Å². The van der Waals surface area contributed by atoms with Gasteiger partial charge in [-0.3, -0.25) is 4.98 Å². The van der Waals surface area contributed by atoms with Crippen LogP contribution in [0, 0.1) is 0 Å². The van der Waals surface area contributed by atoms with Crippen molar-refractivity contribution in [3.8, 4) is 0 Å². The Hall–Kier alpha value is -1.09. The van der Waals surface area contributed by atoms with E-state index < -0.39 is 0 Å². The third-order valence-electron chi connectivity index (χ3n) is 3.26. The van der Waals surface area contributed by atoms with E-state index in [9.17, 15) is 0 Å². The highest BCUT2D eigenvalue weighted by atomic mass is 15.2. The van der Waals surface area contributed by atoms with Gasteiger partial charge in [0.2, 0.25) is 0 Å². The van der Waals surface area contributed by atoms with Gasteiger partial charge >= 0.3 is 0 Å². The molecule has 0 amide bonds. The number of rotatable bonds is 2. The maximum Gasteiger partial charge on any atom is 0.0415 e. The third-order valence-corrected chi connectivity index (χ3v) is 3.26. The Balaban J connectivity index is 2.23. The number of piperidine rings is 1. The lowest BCUT2D eigenvalue weighted by Gasteiger charge is -2.42. The zero-order valence-corrected chi connectivity index (χ0v) is 9.26. The summed E-state index contributed by atoms with van der Waals surface area (Å²) in [5.74, 6) is 0. The lowest BCUT2D eigenvalue weighted by atomic mass is 9.96. The molecule has 0 aliphatic carbocycles. The van der Waals surface area contributed by atoms with Crippen LogP contribution >= 0.6 is 0 Å². The quantitative estimate of drug-likeness (QED) is 0.800. The van der Waals surface area contributed by atoms with E-state index in [2.05, 4.69) is 28.9 Å². The summed E-state index contributed by atoms with van der Waals surface area (Å²) >= 11 is 0. The highest BCUT2D eigenvalue weighted by molar-refractivity contribution is 5.47. The molecule has 2 heterocycles. The van der Waals surface area contributed by atoms with Crippen molar-refractivity contribution in [3.63, 3.8) is 0 Å². The van der Waals surface area contributed by atoms with Gasteiger partial charge in [0.25, 0.3) is 0 Å². The molecule has 1 fully saturated rings. The molecule has 1 aromatic heterocycles. The van der Waals surface area contributed by atoms with E-state index in [0.29, 0.717) is 12.1 Å². The molecule has 15 heavy (non-hydrogen) atoms. The van der Waals surface area contributed by atoms with E-state index in [1.807, 2.05) is 12.4 Å².